The molecule has 188 valence electrons. The van der Waals surface area contributed by atoms with Crippen molar-refractivity contribution in [1.82, 2.24) is 15.3 Å². The SMILES string of the molecule is FC(F)(F)c1cc(N2CCc3ccccc3C2)nc(NC(=S)NCc2ccc(N3CCCC3)cc2)n1. The van der Waals surface area contributed by atoms with Crippen LogP contribution in [0, 0.1) is 0 Å². The Kier molecular flexibility index (Phi) is 6.95. The number of nitrogens with one attached hydrogen (secondary N) is 2. The molecule has 0 spiro atoms. The number of aromatic nitrogens is 2. The molecule has 10 heteroatoms. The van der Waals surface area contributed by atoms with E-state index in [0.717, 1.165) is 36.7 Å². The summed E-state index contributed by atoms with van der Waals surface area (Å²) in [5.41, 5.74) is 3.49. The maximum absolute atomic E-state index is 13.6. The van der Waals surface area contributed by atoms with Gasteiger partial charge in [-0.2, -0.15) is 18.2 Å². The van der Waals surface area contributed by atoms with E-state index in [9.17, 15) is 13.2 Å². The summed E-state index contributed by atoms with van der Waals surface area (Å²) < 4.78 is 40.9. The largest absolute Gasteiger partial charge is 0.433 e. The van der Waals surface area contributed by atoms with Crippen molar-refractivity contribution in [1.29, 1.82) is 0 Å². The van der Waals surface area contributed by atoms with E-state index in [1.54, 1.807) is 0 Å². The van der Waals surface area contributed by atoms with Crippen LogP contribution in [-0.2, 0) is 25.7 Å². The van der Waals surface area contributed by atoms with Gasteiger partial charge in [-0.05, 0) is 60.3 Å². The molecule has 0 amide bonds. The van der Waals surface area contributed by atoms with Gasteiger partial charge in [-0.1, -0.05) is 36.4 Å². The van der Waals surface area contributed by atoms with Gasteiger partial charge in [-0.25, -0.2) is 4.98 Å². The summed E-state index contributed by atoms with van der Waals surface area (Å²) in [5.74, 6) is 0.0372. The van der Waals surface area contributed by atoms with Crippen molar-refractivity contribution in [3.05, 3.63) is 77.0 Å². The smallest absolute Gasteiger partial charge is 0.372 e. The molecule has 0 unspecified atom stereocenters. The number of alkyl halides is 3. The number of anilines is 3. The highest BCUT2D eigenvalue weighted by atomic mass is 32.1. The lowest BCUT2D eigenvalue weighted by Crippen LogP contribution is -2.33. The number of thiocarbonyl (C=S) groups is 1. The number of hydrogen-bond acceptors (Lipinski definition) is 5. The van der Waals surface area contributed by atoms with Crippen LogP contribution in [0.25, 0.3) is 0 Å². The van der Waals surface area contributed by atoms with E-state index < -0.39 is 11.9 Å². The molecule has 0 saturated carbocycles. The first-order chi connectivity index (χ1) is 17.3. The lowest BCUT2D eigenvalue weighted by atomic mass is 10.00. The Morgan fingerprint density at radius 2 is 1.64 bits per heavy atom. The molecule has 0 atom stereocenters. The number of halogens is 3. The topological polar surface area (TPSA) is 56.3 Å². The zero-order chi connectivity index (χ0) is 25.1. The minimum Gasteiger partial charge on any atom is -0.372 e. The van der Waals surface area contributed by atoms with Crippen LogP contribution < -0.4 is 20.4 Å². The standard InChI is InChI=1S/C26H27F3N6S/c27-26(28,29)22-15-23(35-14-11-19-5-1-2-6-20(19)17-35)32-24(31-22)33-25(36)30-16-18-7-9-21(10-8-18)34-12-3-4-13-34/h1-2,5-10,15H,3-4,11-14,16-17H2,(H2,30,31,32,33,36). The first-order valence-electron chi connectivity index (χ1n) is 12.0. The summed E-state index contributed by atoms with van der Waals surface area (Å²) in [7, 11) is 0. The normalized spacial score (nSPS) is 15.5. The molecule has 2 aliphatic heterocycles. The predicted molar refractivity (Wildman–Crippen MR) is 139 cm³/mol. The van der Waals surface area contributed by atoms with Gasteiger partial charge in [0.2, 0.25) is 5.95 Å². The highest BCUT2D eigenvalue weighted by Gasteiger charge is 2.34. The Bertz CT molecular complexity index is 1230. The molecule has 0 bridgehead atoms. The number of nitrogens with zero attached hydrogens (tertiary/aromatic N) is 4. The van der Waals surface area contributed by atoms with Gasteiger partial charge in [-0.15, -0.1) is 0 Å². The fourth-order valence-corrected chi connectivity index (χ4v) is 4.78. The minimum absolute atomic E-state index is 0.160. The first-order valence-corrected chi connectivity index (χ1v) is 12.4. The maximum Gasteiger partial charge on any atom is 0.433 e. The third-order valence-electron chi connectivity index (χ3n) is 6.54. The summed E-state index contributed by atoms with van der Waals surface area (Å²) >= 11 is 5.33. The average molecular weight is 513 g/mol. The van der Waals surface area contributed by atoms with Crippen LogP contribution in [0.3, 0.4) is 0 Å². The molecule has 1 saturated heterocycles. The lowest BCUT2D eigenvalue weighted by molar-refractivity contribution is -0.141. The van der Waals surface area contributed by atoms with Crippen LogP contribution in [-0.4, -0.2) is 34.7 Å². The molecule has 3 heterocycles. The van der Waals surface area contributed by atoms with Crippen LogP contribution in [0.15, 0.2) is 54.6 Å². The van der Waals surface area contributed by atoms with Crippen molar-refractivity contribution in [3.63, 3.8) is 0 Å². The van der Waals surface area contributed by atoms with E-state index in [1.165, 1.54) is 24.1 Å². The summed E-state index contributed by atoms with van der Waals surface area (Å²) in [6, 6.07) is 17.1. The number of rotatable bonds is 5. The van der Waals surface area contributed by atoms with Gasteiger partial charge in [0.25, 0.3) is 0 Å². The second-order valence-electron chi connectivity index (χ2n) is 9.04. The van der Waals surface area contributed by atoms with Crippen LogP contribution >= 0.6 is 12.2 Å². The third-order valence-corrected chi connectivity index (χ3v) is 6.79. The molecule has 2 aromatic carbocycles. The van der Waals surface area contributed by atoms with Crippen molar-refractivity contribution in [2.24, 2.45) is 0 Å². The first kappa shape index (κ1) is 24.3. The lowest BCUT2D eigenvalue weighted by Gasteiger charge is -2.30. The maximum atomic E-state index is 13.6. The van der Waals surface area contributed by atoms with Gasteiger partial charge in [0.1, 0.15) is 5.82 Å². The third kappa shape index (κ3) is 5.70. The Morgan fingerprint density at radius 3 is 2.36 bits per heavy atom. The van der Waals surface area contributed by atoms with Crippen molar-refractivity contribution in [2.75, 3.05) is 34.8 Å². The second-order valence-corrected chi connectivity index (χ2v) is 9.45. The quantitative estimate of drug-likeness (QED) is 0.459. The van der Waals surface area contributed by atoms with E-state index in [1.807, 2.05) is 41.3 Å². The summed E-state index contributed by atoms with van der Waals surface area (Å²) in [6.07, 6.45) is -1.43. The van der Waals surface area contributed by atoms with Crippen LogP contribution in [0.5, 0.6) is 0 Å². The molecule has 6 nitrogen and oxygen atoms in total. The Balaban J connectivity index is 1.26. The number of fused-ring (bicyclic) bond motifs is 1. The molecule has 2 aliphatic rings. The molecular formula is C26H27F3N6S. The fraction of sp³-hybridized carbons (Fsp3) is 0.346. The highest BCUT2D eigenvalue weighted by molar-refractivity contribution is 7.80. The van der Waals surface area contributed by atoms with Crippen LogP contribution in [0.4, 0.5) is 30.6 Å². The fourth-order valence-electron chi connectivity index (χ4n) is 4.62. The zero-order valence-electron chi connectivity index (χ0n) is 19.7. The van der Waals surface area contributed by atoms with Crippen molar-refractivity contribution < 1.29 is 13.2 Å². The molecule has 1 aromatic heterocycles. The molecule has 1 fully saturated rings. The van der Waals surface area contributed by atoms with Crippen LogP contribution in [0.2, 0.25) is 0 Å². The zero-order valence-corrected chi connectivity index (χ0v) is 20.5. The number of hydrogen-bond donors (Lipinski definition) is 2. The predicted octanol–water partition coefficient (Wildman–Crippen LogP) is 5.14. The van der Waals surface area contributed by atoms with Gasteiger partial charge in [0.05, 0.1) is 0 Å². The Morgan fingerprint density at radius 1 is 0.917 bits per heavy atom. The van der Waals surface area contributed by atoms with Crippen molar-refractivity contribution in [2.45, 2.75) is 38.5 Å². The van der Waals surface area contributed by atoms with Gasteiger partial charge in [-0.3, -0.25) is 0 Å². The summed E-state index contributed by atoms with van der Waals surface area (Å²) in [6.45, 7) is 3.64. The van der Waals surface area contributed by atoms with E-state index in [2.05, 4.69) is 37.6 Å². The minimum atomic E-state index is -4.60. The van der Waals surface area contributed by atoms with Gasteiger partial charge < -0.3 is 20.4 Å². The van der Waals surface area contributed by atoms with Gasteiger partial charge in [0, 0.05) is 44.5 Å². The summed E-state index contributed by atoms with van der Waals surface area (Å²) in [4.78, 5) is 12.2. The van der Waals surface area contributed by atoms with Crippen LogP contribution in [0.1, 0.15) is 35.2 Å². The van der Waals surface area contributed by atoms with Gasteiger partial charge >= 0.3 is 6.18 Å². The molecule has 0 aliphatic carbocycles. The average Bonchev–Trinajstić information content (AvgIpc) is 3.42. The van der Waals surface area contributed by atoms with Crippen molar-refractivity contribution >= 4 is 34.8 Å². The van der Waals surface area contributed by atoms with E-state index in [0.29, 0.717) is 19.6 Å². The monoisotopic (exact) mass is 512 g/mol. The van der Waals surface area contributed by atoms with E-state index in [-0.39, 0.29) is 16.9 Å². The van der Waals surface area contributed by atoms with E-state index in [4.69, 9.17) is 12.2 Å². The van der Waals surface area contributed by atoms with E-state index >= 15 is 0 Å². The molecule has 5 rings (SSSR count). The Labute approximate surface area is 213 Å². The molecule has 3 aromatic rings. The molecule has 2 N–H and O–H groups in total. The molecular weight excluding hydrogens is 485 g/mol. The second kappa shape index (κ2) is 10.3. The summed E-state index contributed by atoms with van der Waals surface area (Å²) in [5, 5.41) is 5.94. The number of benzene rings is 2. The molecule has 36 heavy (non-hydrogen) atoms. The highest BCUT2D eigenvalue weighted by Crippen LogP contribution is 2.32. The van der Waals surface area contributed by atoms with Gasteiger partial charge in [0.15, 0.2) is 10.8 Å². The molecule has 0 radical (unpaired) electrons. The Hall–Kier alpha value is -3.40. The van der Waals surface area contributed by atoms with Crippen molar-refractivity contribution in [3.8, 4) is 0 Å².